The van der Waals surface area contributed by atoms with E-state index in [9.17, 15) is 18.0 Å². The molecule has 6 heteroatoms. The van der Waals surface area contributed by atoms with Crippen molar-refractivity contribution in [2.75, 3.05) is 19.7 Å². The highest BCUT2D eigenvalue weighted by Gasteiger charge is 2.36. The molecule has 1 aromatic carbocycles. The van der Waals surface area contributed by atoms with Crippen molar-refractivity contribution in [3.63, 3.8) is 0 Å². The van der Waals surface area contributed by atoms with Crippen LogP contribution in [0.25, 0.3) is 0 Å². The average molecular weight is 343 g/mol. The second kappa shape index (κ2) is 8.01. The van der Waals surface area contributed by atoms with E-state index in [4.69, 9.17) is 4.74 Å². The van der Waals surface area contributed by atoms with Crippen LogP contribution < -0.4 is 0 Å². The number of benzene rings is 1. The Morgan fingerprint density at radius 1 is 1.29 bits per heavy atom. The standard InChI is InChI=1S/C18H24F3NO2/c1-13-3-5-15(6-4-13)7-9-22(12-18(19,20)21)17(23)16-8-10-24-14(2)11-16/h3-6,14,16H,7-12H2,1-2H3/t14-,16+/m1/s1. The molecule has 0 radical (unpaired) electrons. The Morgan fingerprint density at radius 2 is 1.96 bits per heavy atom. The van der Waals surface area contributed by atoms with Crippen LogP contribution in [-0.4, -0.2) is 42.8 Å². The summed E-state index contributed by atoms with van der Waals surface area (Å²) in [6.45, 7) is 3.11. The fourth-order valence-electron chi connectivity index (χ4n) is 2.98. The van der Waals surface area contributed by atoms with Gasteiger partial charge in [-0.25, -0.2) is 0 Å². The number of hydrogen-bond acceptors (Lipinski definition) is 2. The molecule has 2 atom stereocenters. The van der Waals surface area contributed by atoms with E-state index in [0.29, 0.717) is 25.9 Å². The zero-order valence-corrected chi connectivity index (χ0v) is 14.1. The lowest BCUT2D eigenvalue weighted by atomic mass is 9.94. The van der Waals surface area contributed by atoms with Crippen LogP contribution in [0.5, 0.6) is 0 Å². The molecule has 1 amide bonds. The monoisotopic (exact) mass is 343 g/mol. The lowest BCUT2D eigenvalue weighted by molar-refractivity contribution is -0.166. The van der Waals surface area contributed by atoms with Gasteiger partial charge in [0.15, 0.2) is 0 Å². The van der Waals surface area contributed by atoms with Crippen LogP contribution in [0.1, 0.15) is 30.9 Å². The lowest BCUT2D eigenvalue weighted by Gasteiger charge is -2.32. The van der Waals surface area contributed by atoms with Gasteiger partial charge in [0.25, 0.3) is 0 Å². The van der Waals surface area contributed by atoms with Crippen molar-refractivity contribution in [3.8, 4) is 0 Å². The number of carbonyl (C=O) groups is 1. The molecule has 0 aromatic heterocycles. The SMILES string of the molecule is Cc1ccc(CCN(CC(F)(F)F)C(=O)[C@H]2CCO[C@H](C)C2)cc1. The van der Waals surface area contributed by atoms with Crippen LogP contribution in [0.3, 0.4) is 0 Å². The van der Waals surface area contributed by atoms with Gasteiger partial charge < -0.3 is 9.64 Å². The van der Waals surface area contributed by atoms with E-state index in [1.165, 1.54) is 0 Å². The molecule has 2 rings (SSSR count). The molecule has 0 spiro atoms. The summed E-state index contributed by atoms with van der Waals surface area (Å²) in [5, 5.41) is 0. The van der Waals surface area contributed by atoms with Gasteiger partial charge in [-0.05, 0) is 38.7 Å². The highest BCUT2D eigenvalue weighted by atomic mass is 19.4. The summed E-state index contributed by atoms with van der Waals surface area (Å²) in [6.07, 6.45) is -3.09. The van der Waals surface area contributed by atoms with Crippen LogP contribution in [0.15, 0.2) is 24.3 Å². The van der Waals surface area contributed by atoms with E-state index in [1.54, 1.807) is 0 Å². The van der Waals surface area contributed by atoms with Crippen molar-refractivity contribution >= 4 is 5.91 Å². The third-order valence-electron chi connectivity index (χ3n) is 4.31. The van der Waals surface area contributed by atoms with Crippen LogP contribution in [0.2, 0.25) is 0 Å². The number of rotatable bonds is 5. The third-order valence-corrected chi connectivity index (χ3v) is 4.31. The van der Waals surface area contributed by atoms with Crippen LogP contribution >= 0.6 is 0 Å². The minimum absolute atomic E-state index is 0.0765. The van der Waals surface area contributed by atoms with Gasteiger partial charge in [0.1, 0.15) is 6.54 Å². The van der Waals surface area contributed by atoms with Crippen molar-refractivity contribution in [1.29, 1.82) is 0 Å². The van der Waals surface area contributed by atoms with E-state index in [1.807, 2.05) is 38.1 Å². The van der Waals surface area contributed by atoms with Gasteiger partial charge in [-0.15, -0.1) is 0 Å². The number of nitrogens with zero attached hydrogens (tertiary/aromatic N) is 1. The topological polar surface area (TPSA) is 29.5 Å². The molecule has 0 unspecified atom stereocenters. The smallest absolute Gasteiger partial charge is 0.378 e. The van der Waals surface area contributed by atoms with Crippen molar-refractivity contribution in [2.24, 2.45) is 5.92 Å². The number of hydrogen-bond donors (Lipinski definition) is 0. The summed E-state index contributed by atoms with van der Waals surface area (Å²) in [7, 11) is 0. The van der Waals surface area contributed by atoms with Crippen molar-refractivity contribution in [1.82, 2.24) is 4.90 Å². The van der Waals surface area contributed by atoms with Crippen molar-refractivity contribution < 1.29 is 22.7 Å². The highest BCUT2D eigenvalue weighted by Crippen LogP contribution is 2.25. The Bertz CT molecular complexity index is 542. The molecular formula is C18H24F3NO2. The molecule has 1 saturated heterocycles. The van der Waals surface area contributed by atoms with Crippen LogP contribution in [0.4, 0.5) is 13.2 Å². The molecule has 24 heavy (non-hydrogen) atoms. The van der Waals surface area contributed by atoms with Crippen LogP contribution in [-0.2, 0) is 16.0 Å². The number of ether oxygens (including phenoxy) is 1. The summed E-state index contributed by atoms with van der Waals surface area (Å²) in [4.78, 5) is 13.5. The maximum Gasteiger partial charge on any atom is 0.406 e. The Hall–Kier alpha value is -1.56. The van der Waals surface area contributed by atoms with Gasteiger partial charge in [-0.3, -0.25) is 4.79 Å². The first-order chi connectivity index (χ1) is 11.2. The van der Waals surface area contributed by atoms with Gasteiger partial charge in [-0.2, -0.15) is 13.2 Å². The number of alkyl halides is 3. The van der Waals surface area contributed by atoms with E-state index < -0.39 is 18.6 Å². The second-order valence-electron chi connectivity index (χ2n) is 6.51. The van der Waals surface area contributed by atoms with E-state index in [-0.39, 0.29) is 18.6 Å². The Balaban J connectivity index is 2.03. The number of aryl methyl sites for hydroxylation is 1. The summed E-state index contributed by atoms with van der Waals surface area (Å²) < 4.78 is 44.0. The molecule has 0 N–H and O–H groups in total. The van der Waals surface area contributed by atoms with Crippen molar-refractivity contribution in [3.05, 3.63) is 35.4 Å². The predicted octanol–water partition coefficient (Wildman–Crippen LogP) is 3.74. The van der Waals surface area contributed by atoms with Crippen LogP contribution in [0, 0.1) is 12.8 Å². The molecular weight excluding hydrogens is 319 g/mol. The maximum absolute atomic E-state index is 12.9. The van der Waals surface area contributed by atoms with Gasteiger partial charge in [0.2, 0.25) is 5.91 Å². The first kappa shape index (κ1) is 18.8. The maximum atomic E-state index is 12.9. The number of carbonyl (C=O) groups excluding carboxylic acids is 1. The average Bonchev–Trinajstić information content (AvgIpc) is 2.51. The van der Waals surface area contributed by atoms with Crippen molar-refractivity contribution in [2.45, 2.75) is 45.4 Å². The molecule has 3 nitrogen and oxygen atoms in total. The molecule has 1 aliphatic heterocycles. The zero-order chi connectivity index (χ0) is 17.7. The second-order valence-corrected chi connectivity index (χ2v) is 6.51. The molecule has 1 fully saturated rings. The zero-order valence-electron chi connectivity index (χ0n) is 14.1. The molecule has 0 saturated carbocycles. The third kappa shape index (κ3) is 5.82. The summed E-state index contributed by atoms with van der Waals surface area (Å²) >= 11 is 0. The Kier molecular flexibility index (Phi) is 6.27. The minimum atomic E-state index is -4.39. The highest BCUT2D eigenvalue weighted by molar-refractivity contribution is 5.79. The van der Waals surface area contributed by atoms with Gasteiger partial charge in [0.05, 0.1) is 6.10 Å². The minimum Gasteiger partial charge on any atom is -0.378 e. The fourth-order valence-corrected chi connectivity index (χ4v) is 2.98. The summed E-state index contributed by atoms with van der Waals surface area (Å²) in [5.41, 5.74) is 2.03. The van der Waals surface area contributed by atoms with E-state index >= 15 is 0 Å². The Labute approximate surface area is 140 Å². The quantitative estimate of drug-likeness (QED) is 0.815. The largest absolute Gasteiger partial charge is 0.406 e. The molecule has 1 heterocycles. The van der Waals surface area contributed by atoms with Gasteiger partial charge >= 0.3 is 6.18 Å². The Morgan fingerprint density at radius 3 is 2.54 bits per heavy atom. The number of halogens is 3. The first-order valence-electron chi connectivity index (χ1n) is 8.27. The summed E-state index contributed by atoms with van der Waals surface area (Å²) in [6, 6.07) is 7.63. The fraction of sp³-hybridized carbons (Fsp3) is 0.611. The van der Waals surface area contributed by atoms with E-state index in [2.05, 4.69) is 0 Å². The molecule has 0 bridgehead atoms. The number of amides is 1. The first-order valence-corrected chi connectivity index (χ1v) is 8.27. The molecule has 134 valence electrons. The predicted molar refractivity (Wildman–Crippen MR) is 85.7 cm³/mol. The molecule has 1 aromatic rings. The molecule has 0 aliphatic carbocycles. The van der Waals surface area contributed by atoms with Gasteiger partial charge in [-0.1, -0.05) is 29.8 Å². The van der Waals surface area contributed by atoms with E-state index in [0.717, 1.165) is 16.0 Å². The van der Waals surface area contributed by atoms with Gasteiger partial charge in [0, 0.05) is 19.1 Å². The lowest BCUT2D eigenvalue weighted by Crippen LogP contribution is -2.45. The molecule has 1 aliphatic rings. The summed E-state index contributed by atoms with van der Waals surface area (Å²) in [5.74, 6) is -0.788. The normalized spacial score (nSPS) is 21.5.